The smallest absolute Gasteiger partial charge is 0.123 e. The predicted molar refractivity (Wildman–Crippen MR) is 77.8 cm³/mol. The number of halogens is 1. The molecule has 1 aromatic carbocycles. The molecule has 1 atom stereocenters. The second-order valence-corrected chi connectivity index (χ2v) is 5.84. The fraction of sp³-hybridized carbons (Fsp3) is 0.625. The minimum atomic E-state index is -0.150. The van der Waals surface area contributed by atoms with Gasteiger partial charge in [0.2, 0.25) is 0 Å². The summed E-state index contributed by atoms with van der Waals surface area (Å²) in [6, 6.07) is 7.49. The van der Waals surface area contributed by atoms with Crippen molar-refractivity contribution in [2.75, 3.05) is 26.2 Å². The fourth-order valence-electron chi connectivity index (χ4n) is 2.61. The summed E-state index contributed by atoms with van der Waals surface area (Å²) in [4.78, 5) is 2.54. The lowest BCUT2D eigenvalue weighted by Crippen LogP contribution is -2.41. The molecule has 0 spiro atoms. The molecule has 0 aliphatic carbocycles. The van der Waals surface area contributed by atoms with Crippen LogP contribution in [-0.2, 0) is 6.42 Å². The molecule has 1 aliphatic rings. The zero-order valence-electron chi connectivity index (χ0n) is 12.0. The van der Waals surface area contributed by atoms with E-state index in [0.717, 1.165) is 32.6 Å². The van der Waals surface area contributed by atoms with Crippen molar-refractivity contribution in [1.29, 1.82) is 0 Å². The molecule has 1 unspecified atom stereocenters. The van der Waals surface area contributed by atoms with E-state index >= 15 is 0 Å². The highest BCUT2D eigenvalue weighted by Crippen LogP contribution is 2.10. The average Bonchev–Trinajstić information content (AvgIpc) is 2.64. The van der Waals surface area contributed by atoms with Crippen molar-refractivity contribution in [2.45, 2.75) is 32.7 Å². The van der Waals surface area contributed by atoms with Gasteiger partial charge < -0.3 is 10.2 Å². The Hall–Kier alpha value is -0.930. The molecule has 1 saturated heterocycles. The molecule has 0 radical (unpaired) electrons. The lowest BCUT2D eigenvalue weighted by molar-refractivity contribution is 0.248. The summed E-state index contributed by atoms with van der Waals surface area (Å²) in [5, 5.41) is 3.63. The normalized spacial score (nSPS) is 21.6. The number of hydrogen-bond donors (Lipinski definition) is 1. The van der Waals surface area contributed by atoms with Crippen LogP contribution in [0.5, 0.6) is 0 Å². The van der Waals surface area contributed by atoms with Gasteiger partial charge in [-0.2, -0.15) is 0 Å². The van der Waals surface area contributed by atoms with Crippen molar-refractivity contribution in [3.8, 4) is 0 Å². The summed E-state index contributed by atoms with van der Waals surface area (Å²) in [5.41, 5.74) is 1.22. The molecule has 1 aliphatic heterocycles. The van der Waals surface area contributed by atoms with E-state index in [4.69, 9.17) is 0 Å². The Labute approximate surface area is 116 Å². The summed E-state index contributed by atoms with van der Waals surface area (Å²) >= 11 is 0. The number of benzene rings is 1. The van der Waals surface area contributed by atoms with Gasteiger partial charge >= 0.3 is 0 Å². The predicted octanol–water partition coefficient (Wildman–Crippen LogP) is 2.69. The van der Waals surface area contributed by atoms with Crippen molar-refractivity contribution in [3.05, 3.63) is 35.6 Å². The second kappa shape index (κ2) is 7.01. The van der Waals surface area contributed by atoms with Crippen LogP contribution in [0.25, 0.3) is 0 Å². The molecule has 0 bridgehead atoms. The van der Waals surface area contributed by atoms with Gasteiger partial charge in [0.1, 0.15) is 5.82 Å². The van der Waals surface area contributed by atoms with Gasteiger partial charge in [0, 0.05) is 19.1 Å². The Morgan fingerprint density at radius 3 is 2.74 bits per heavy atom. The van der Waals surface area contributed by atoms with Crippen LogP contribution >= 0.6 is 0 Å². The van der Waals surface area contributed by atoms with Crippen LogP contribution in [0.15, 0.2) is 24.3 Å². The van der Waals surface area contributed by atoms with Gasteiger partial charge in [-0.1, -0.05) is 26.0 Å². The van der Waals surface area contributed by atoms with Gasteiger partial charge in [0.15, 0.2) is 0 Å². The highest BCUT2D eigenvalue weighted by molar-refractivity contribution is 5.16. The van der Waals surface area contributed by atoms with Crippen LogP contribution in [0.3, 0.4) is 0 Å². The van der Waals surface area contributed by atoms with E-state index < -0.39 is 0 Å². The van der Waals surface area contributed by atoms with E-state index in [1.807, 2.05) is 12.1 Å². The molecule has 0 aromatic heterocycles. The largest absolute Gasteiger partial charge is 0.312 e. The van der Waals surface area contributed by atoms with Crippen molar-refractivity contribution in [1.82, 2.24) is 10.2 Å². The molecule has 0 saturated carbocycles. The van der Waals surface area contributed by atoms with Gasteiger partial charge in [0.05, 0.1) is 0 Å². The van der Waals surface area contributed by atoms with Crippen molar-refractivity contribution in [2.24, 2.45) is 5.92 Å². The summed E-state index contributed by atoms with van der Waals surface area (Å²) < 4.78 is 12.9. The standard InChI is InChI=1S/C16H25FN2/c1-13(2)16-12-19(10-3-9-18-16)11-8-14-4-6-15(17)7-5-14/h4-7,13,16,18H,3,8-12H2,1-2H3. The van der Waals surface area contributed by atoms with Crippen molar-refractivity contribution >= 4 is 0 Å². The molecule has 1 heterocycles. The van der Waals surface area contributed by atoms with Gasteiger partial charge in [-0.25, -0.2) is 4.39 Å². The Kier molecular flexibility index (Phi) is 5.34. The van der Waals surface area contributed by atoms with E-state index in [-0.39, 0.29) is 5.82 Å². The molecular weight excluding hydrogens is 239 g/mol. The second-order valence-electron chi connectivity index (χ2n) is 5.84. The van der Waals surface area contributed by atoms with Crippen LogP contribution < -0.4 is 5.32 Å². The minimum absolute atomic E-state index is 0.150. The molecule has 1 aromatic rings. The van der Waals surface area contributed by atoms with E-state index in [1.54, 1.807) is 12.1 Å². The maximum absolute atomic E-state index is 12.9. The third-order valence-corrected chi connectivity index (χ3v) is 3.95. The third kappa shape index (κ3) is 4.59. The maximum atomic E-state index is 12.9. The van der Waals surface area contributed by atoms with Crippen LogP contribution in [0.4, 0.5) is 4.39 Å². The van der Waals surface area contributed by atoms with Crippen molar-refractivity contribution in [3.63, 3.8) is 0 Å². The highest BCUT2D eigenvalue weighted by atomic mass is 19.1. The first-order valence-electron chi connectivity index (χ1n) is 7.35. The minimum Gasteiger partial charge on any atom is -0.312 e. The highest BCUT2D eigenvalue weighted by Gasteiger charge is 2.19. The summed E-state index contributed by atoms with van der Waals surface area (Å²) in [5.74, 6) is 0.522. The average molecular weight is 264 g/mol. The van der Waals surface area contributed by atoms with Gasteiger partial charge in [-0.05, 0) is 49.5 Å². The third-order valence-electron chi connectivity index (χ3n) is 3.95. The fourth-order valence-corrected chi connectivity index (χ4v) is 2.61. The first kappa shape index (κ1) is 14.5. The van der Waals surface area contributed by atoms with E-state index in [1.165, 1.54) is 12.0 Å². The van der Waals surface area contributed by atoms with Crippen molar-refractivity contribution < 1.29 is 4.39 Å². The maximum Gasteiger partial charge on any atom is 0.123 e. The van der Waals surface area contributed by atoms with E-state index in [0.29, 0.717) is 12.0 Å². The summed E-state index contributed by atoms with van der Waals surface area (Å²) in [6.45, 7) is 9.03. The van der Waals surface area contributed by atoms with E-state index in [2.05, 4.69) is 24.1 Å². The summed E-state index contributed by atoms with van der Waals surface area (Å²) in [7, 11) is 0. The number of rotatable bonds is 4. The SMILES string of the molecule is CC(C)C1CN(CCc2ccc(F)cc2)CCCN1. The molecule has 1 fully saturated rings. The van der Waals surface area contributed by atoms with Gasteiger partial charge in [0.25, 0.3) is 0 Å². The number of nitrogens with zero attached hydrogens (tertiary/aromatic N) is 1. The monoisotopic (exact) mass is 264 g/mol. The molecule has 106 valence electrons. The Bertz CT molecular complexity index is 375. The zero-order valence-corrected chi connectivity index (χ0v) is 12.0. The lowest BCUT2D eigenvalue weighted by atomic mass is 10.0. The molecule has 19 heavy (non-hydrogen) atoms. The summed E-state index contributed by atoms with van der Waals surface area (Å²) in [6.07, 6.45) is 2.22. The zero-order chi connectivity index (χ0) is 13.7. The Balaban J connectivity index is 1.85. The molecule has 0 amide bonds. The first-order chi connectivity index (χ1) is 9.15. The Morgan fingerprint density at radius 2 is 2.05 bits per heavy atom. The van der Waals surface area contributed by atoms with Crippen LogP contribution in [0.2, 0.25) is 0 Å². The van der Waals surface area contributed by atoms with Crippen LogP contribution in [0, 0.1) is 11.7 Å². The molecule has 1 N–H and O–H groups in total. The van der Waals surface area contributed by atoms with Crippen LogP contribution in [-0.4, -0.2) is 37.1 Å². The molecular formula is C16H25FN2. The van der Waals surface area contributed by atoms with Gasteiger partial charge in [-0.15, -0.1) is 0 Å². The number of nitrogens with one attached hydrogen (secondary N) is 1. The molecule has 3 heteroatoms. The van der Waals surface area contributed by atoms with E-state index in [9.17, 15) is 4.39 Å². The molecule has 2 rings (SSSR count). The van der Waals surface area contributed by atoms with Crippen LogP contribution in [0.1, 0.15) is 25.8 Å². The lowest BCUT2D eigenvalue weighted by Gasteiger charge is -2.26. The Morgan fingerprint density at radius 1 is 1.32 bits per heavy atom. The van der Waals surface area contributed by atoms with Gasteiger partial charge in [-0.3, -0.25) is 0 Å². The topological polar surface area (TPSA) is 15.3 Å². The number of hydrogen-bond acceptors (Lipinski definition) is 2. The quantitative estimate of drug-likeness (QED) is 0.899. The first-order valence-corrected chi connectivity index (χ1v) is 7.35. The molecule has 2 nitrogen and oxygen atoms in total.